The van der Waals surface area contributed by atoms with E-state index in [1.165, 1.54) is 270 Å². The summed E-state index contributed by atoms with van der Waals surface area (Å²) in [7, 11) is 1.25. The Balaban J connectivity index is 3.96. The van der Waals surface area contributed by atoms with Crippen molar-refractivity contribution in [3.05, 3.63) is 36.5 Å². The molecule has 0 aliphatic rings. The molecule has 0 heterocycles. The van der Waals surface area contributed by atoms with E-state index in [0.29, 0.717) is 17.4 Å². The Kier molecular flexibility index (Phi) is 56.4. The van der Waals surface area contributed by atoms with Crippen molar-refractivity contribution in [2.24, 2.45) is 0 Å². The normalized spacial score (nSPS) is 14.0. The Bertz CT molecular complexity index is 1320. The summed E-state index contributed by atoms with van der Waals surface area (Å²) in [5.74, 6) is -0.202. The van der Waals surface area contributed by atoms with Crippen molar-refractivity contribution in [2.75, 3.05) is 40.9 Å². The maximum atomic E-state index is 13.0. The lowest BCUT2D eigenvalue weighted by Gasteiger charge is -2.29. The monoisotopic (exact) mass is 1080 g/mol. The fourth-order valence-corrected chi connectivity index (χ4v) is 10.7. The molecule has 0 aliphatic carbocycles. The molecule has 0 rings (SSSR count). The zero-order chi connectivity index (χ0) is 54.9. The van der Waals surface area contributed by atoms with E-state index in [1.54, 1.807) is 6.08 Å². The average molecular weight is 1080 g/mol. The topological polar surface area (TPSA) is 108 Å². The molecule has 0 spiro atoms. The van der Waals surface area contributed by atoms with Crippen molar-refractivity contribution in [1.82, 2.24) is 5.32 Å². The highest BCUT2D eigenvalue weighted by Crippen LogP contribution is 2.38. The maximum Gasteiger partial charge on any atom is 0.268 e. The first kappa shape index (κ1) is 73.7. The molecule has 3 unspecified atom stereocenters. The van der Waals surface area contributed by atoms with Crippen LogP contribution in [-0.2, 0) is 18.4 Å². The number of hydrogen-bond acceptors (Lipinski definition) is 6. The number of quaternary nitrogens is 1. The van der Waals surface area contributed by atoms with Gasteiger partial charge in [0, 0.05) is 6.42 Å². The van der Waals surface area contributed by atoms with Crippen LogP contribution in [0.25, 0.3) is 0 Å². The second-order valence-corrected chi connectivity index (χ2v) is 25.2. The number of rotatable bonds is 61. The zero-order valence-electron chi connectivity index (χ0n) is 50.8. The van der Waals surface area contributed by atoms with E-state index >= 15 is 0 Å². The zero-order valence-corrected chi connectivity index (χ0v) is 51.7. The van der Waals surface area contributed by atoms with Gasteiger partial charge >= 0.3 is 0 Å². The number of likely N-dealkylation sites (N-methyl/N-ethyl adjacent to an activating group) is 1. The maximum absolute atomic E-state index is 13.0. The molecule has 2 N–H and O–H groups in total. The van der Waals surface area contributed by atoms with Gasteiger partial charge in [0.15, 0.2) is 0 Å². The number of unbranched alkanes of at least 4 members (excludes halogenated alkanes) is 44. The molecule has 0 bridgehead atoms. The van der Waals surface area contributed by atoms with Gasteiger partial charge in [0.05, 0.1) is 39.9 Å². The molecule has 0 saturated heterocycles. The number of allylic oxidation sites excluding steroid dienone is 5. The minimum absolute atomic E-state index is 0.00496. The first-order valence-corrected chi connectivity index (χ1v) is 34.3. The van der Waals surface area contributed by atoms with Crippen molar-refractivity contribution < 1.29 is 32.9 Å². The first-order chi connectivity index (χ1) is 36.5. The van der Waals surface area contributed by atoms with Crippen LogP contribution in [0.1, 0.15) is 328 Å². The molecule has 1 amide bonds. The third-order valence-electron chi connectivity index (χ3n) is 15.1. The molecule has 0 aromatic heterocycles. The predicted octanol–water partition coefficient (Wildman–Crippen LogP) is 19.9. The van der Waals surface area contributed by atoms with Gasteiger partial charge in [-0.25, -0.2) is 0 Å². The predicted molar refractivity (Wildman–Crippen MR) is 325 cm³/mol. The van der Waals surface area contributed by atoms with Crippen LogP contribution >= 0.6 is 7.82 Å². The number of nitrogens with one attached hydrogen (secondary N) is 1. The summed E-state index contributed by atoms with van der Waals surface area (Å²) in [4.78, 5) is 25.5. The van der Waals surface area contributed by atoms with Gasteiger partial charge in [-0.1, -0.05) is 301 Å². The van der Waals surface area contributed by atoms with Crippen LogP contribution in [0, 0.1) is 0 Å². The molecule has 0 radical (unpaired) electrons. The third kappa shape index (κ3) is 60.2. The third-order valence-corrected chi connectivity index (χ3v) is 16.0. The van der Waals surface area contributed by atoms with Crippen molar-refractivity contribution in [2.45, 2.75) is 341 Å². The largest absolute Gasteiger partial charge is 0.756 e. The van der Waals surface area contributed by atoms with Crippen LogP contribution in [-0.4, -0.2) is 68.5 Å². The van der Waals surface area contributed by atoms with Crippen LogP contribution in [0.15, 0.2) is 36.5 Å². The number of phosphoric ester groups is 1. The quantitative estimate of drug-likeness (QED) is 0.0272. The Hall–Kier alpha value is -1.28. The van der Waals surface area contributed by atoms with E-state index in [0.717, 1.165) is 38.5 Å². The Morgan fingerprint density at radius 3 is 1.08 bits per heavy atom. The first-order valence-electron chi connectivity index (χ1n) is 32.9. The van der Waals surface area contributed by atoms with Crippen LogP contribution < -0.4 is 10.2 Å². The fourth-order valence-electron chi connectivity index (χ4n) is 9.93. The van der Waals surface area contributed by atoms with Gasteiger partial charge in [-0.15, -0.1) is 0 Å². The van der Waals surface area contributed by atoms with Gasteiger partial charge in [0.1, 0.15) is 13.2 Å². The van der Waals surface area contributed by atoms with Gasteiger partial charge in [-0.3, -0.25) is 9.36 Å². The average Bonchev–Trinajstić information content (AvgIpc) is 3.37. The van der Waals surface area contributed by atoms with E-state index in [1.807, 2.05) is 27.2 Å². The van der Waals surface area contributed by atoms with Gasteiger partial charge in [0.2, 0.25) is 5.91 Å². The molecular formula is C66H129N2O6P. The van der Waals surface area contributed by atoms with E-state index < -0.39 is 20.0 Å². The van der Waals surface area contributed by atoms with Crippen LogP contribution in [0.5, 0.6) is 0 Å². The minimum atomic E-state index is -4.60. The number of phosphoric acid groups is 1. The van der Waals surface area contributed by atoms with Gasteiger partial charge in [-0.05, 0) is 57.8 Å². The summed E-state index contributed by atoms with van der Waals surface area (Å²) in [5, 5.41) is 13.9. The molecule has 0 aliphatic heterocycles. The number of carbonyl (C=O) groups excluding carboxylic acids is 1. The molecule has 9 heteroatoms. The molecule has 444 valence electrons. The summed E-state index contributed by atoms with van der Waals surface area (Å²) in [6, 6.07) is -0.902. The number of carbonyl (C=O) groups is 1. The number of nitrogens with zero attached hydrogens (tertiary/aromatic N) is 1. The smallest absolute Gasteiger partial charge is 0.268 e. The SMILES string of the molecule is CCCCCCCCCCCC/C=C/CC/C=C/C(O)C(COP(=O)([O-])OCC[N+](C)(C)C)NC(=O)CCCCCCCCCCCCCCCCCCC/C=C\CCCCCCCCCCCCCCCCCC. The van der Waals surface area contributed by atoms with Gasteiger partial charge in [-0.2, -0.15) is 0 Å². The molecule has 0 aromatic carbocycles. The van der Waals surface area contributed by atoms with E-state index in [2.05, 4.69) is 43.5 Å². The number of amides is 1. The number of aliphatic hydroxyl groups excluding tert-OH is 1. The standard InChI is InChI=1S/C66H129N2O6P/c1-6-8-10-12-14-16-18-20-22-24-25-26-27-28-29-30-31-32-33-34-35-36-37-38-39-40-41-42-43-44-46-48-50-52-54-56-58-60-66(70)67-64(63-74-75(71,72)73-62-61-68(3,4)5)65(69)59-57-55-53-51-49-47-45-23-21-19-17-15-13-11-9-7-2/h32-33,49,51,57,59,64-65,69H,6-31,34-48,50,52-56,58,60-63H2,1-5H3,(H-,67,70,71,72)/b33-32-,51-49+,59-57+. The summed E-state index contributed by atoms with van der Waals surface area (Å²) in [6.45, 7) is 4.67. The van der Waals surface area contributed by atoms with Crippen molar-refractivity contribution in [1.29, 1.82) is 0 Å². The van der Waals surface area contributed by atoms with Gasteiger partial charge < -0.3 is 28.8 Å². The van der Waals surface area contributed by atoms with Crippen molar-refractivity contribution in [3.63, 3.8) is 0 Å². The summed E-state index contributed by atoms with van der Waals surface area (Å²) in [5.41, 5.74) is 0. The lowest BCUT2D eigenvalue weighted by atomic mass is 10.0. The van der Waals surface area contributed by atoms with Crippen molar-refractivity contribution >= 4 is 13.7 Å². The van der Waals surface area contributed by atoms with Crippen LogP contribution in [0.3, 0.4) is 0 Å². The summed E-state index contributed by atoms with van der Waals surface area (Å²) < 4.78 is 23.3. The highest BCUT2D eigenvalue weighted by molar-refractivity contribution is 7.45. The number of hydrogen-bond donors (Lipinski definition) is 2. The fraction of sp³-hybridized carbons (Fsp3) is 0.894. The summed E-state index contributed by atoms with van der Waals surface area (Å²) >= 11 is 0. The molecule has 8 nitrogen and oxygen atoms in total. The second-order valence-electron chi connectivity index (χ2n) is 23.8. The Labute approximate surface area is 467 Å². The van der Waals surface area contributed by atoms with E-state index in [9.17, 15) is 19.4 Å². The molecule has 3 atom stereocenters. The van der Waals surface area contributed by atoms with Crippen LogP contribution in [0.2, 0.25) is 0 Å². The van der Waals surface area contributed by atoms with E-state index in [4.69, 9.17) is 9.05 Å². The Morgan fingerprint density at radius 2 is 0.747 bits per heavy atom. The minimum Gasteiger partial charge on any atom is -0.756 e. The molecule has 0 saturated carbocycles. The van der Waals surface area contributed by atoms with Crippen LogP contribution in [0.4, 0.5) is 0 Å². The van der Waals surface area contributed by atoms with Gasteiger partial charge in [0.25, 0.3) is 7.82 Å². The molecular weight excluding hydrogens is 948 g/mol. The molecule has 0 aromatic rings. The molecule has 0 fully saturated rings. The second kappa shape index (κ2) is 57.4. The lowest BCUT2D eigenvalue weighted by Crippen LogP contribution is -2.45. The lowest BCUT2D eigenvalue weighted by molar-refractivity contribution is -0.870. The molecule has 75 heavy (non-hydrogen) atoms. The Morgan fingerprint density at radius 1 is 0.453 bits per heavy atom. The summed E-state index contributed by atoms with van der Waals surface area (Å²) in [6.07, 6.45) is 75.6. The highest BCUT2D eigenvalue weighted by Gasteiger charge is 2.23. The van der Waals surface area contributed by atoms with Crippen molar-refractivity contribution in [3.8, 4) is 0 Å². The number of aliphatic hydroxyl groups is 1. The highest BCUT2D eigenvalue weighted by atomic mass is 31.2. The van der Waals surface area contributed by atoms with E-state index in [-0.39, 0.29) is 19.1 Å².